The van der Waals surface area contributed by atoms with E-state index in [0.29, 0.717) is 12.8 Å². The molecule has 5 unspecified atom stereocenters. The van der Waals surface area contributed by atoms with Gasteiger partial charge in [-0.25, -0.2) is 0 Å². The SMILES string of the molecule is CCC12C(C(=O)O)C1C(Cc1ccccc1)CC2(N)C#N. The Kier molecular flexibility index (Phi) is 3.07. The van der Waals surface area contributed by atoms with Crippen LogP contribution in [0.3, 0.4) is 0 Å². The Hall–Kier alpha value is -1.86. The molecule has 21 heavy (non-hydrogen) atoms. The molecular weight excluding hydrogens is 264 g/mol. The molecule has 0 spiro atoms. The van der Waals surface area contributed by atoms with E-state index in [-0.39, 0.29) is 11.8 Å². The highest BCUT2D eigenvalue weighted by Crippen LogP contribution is 2.75. The van der Waals surface area contributed by atoms with Crippen molar-refractivity contribution in [3.63, 3.8) is 0 Å². The molecule has 0 aliphatic heterocycles. The van der Waals surface area contributed by atoms with Gasteiger partial charge in [-0.2, -0.15) is 5.26 Å². The van der Waals surface area contributed by atoms with Crippen molar-refractivity contribution in [2.75, 3.05) is 0 Å². The summed E-state index contributed by atoms with van der Waals surface area (Å²) in [6.45, 7) is 1.96. The largest absolute Gasteiger partial charge is 0.481 e. The van der Waals surface area contributed by atoms with Crippen LogP contribution in [0.25, 0.3) is 0 Å². The van der Waals surface area contributed by atoms with E-state index in [1.165, 1.54) is 5.56 Å². The van der Waals surface area contributed by atoms with Crippen LogP contribution >= 0.6 is 0 Å². The molecule has 0 saturated heterocycles. The van der Waals surface area contributed by atoms with Gasteiger partial charge in [-0.1, -0.05) is 37.3 Å². The second-order valence-corrected chi connectivity index (χ2v) is 6.47. The lowest BCUT2D eigenvalue weighted by Gasteiger charge is -2.29. The van der Waals surface area contributed by atoms with E-state index in [4.69, 9.17) is 5.73 Å². The van der Waals surface area contributed by atoms with E-state index in [2.05, 4.69) is 18.2 Å². The molecule has 5 atom stereocenters. The Labute approximate surface area is 124 Å². The average molecular weight is 284 g/mol. The third-order valence-electron chi connectivity index (χ3n) is 5.71. The normalized spacial score (nSPS) is 40.3. The van der Waals surface area contributed by atoms with Gasteiger partial charge in [0, 0.05) is 5.41 Å². The van der Waals surface area contributed by atoms with Crippen molar-refractivity contribution in [1.82, 2.24) is 0 Å². The van der Waals surface area contributed by atoms with Gasteiger partial charge in [0.05, 0.1) is 12.0 Å². The van der Waals surface area contributed by atoms with E-state index < -0.39 is 22.8 Å². The highest BCUT2D eigenvalue weighted by atomic mass is 16.4. The Morgan fingerprint density at radius 1 is 1.48 bits per heavy atom. The minimum atomic E-state index is -1.01. The molecule has 3 N–H and O–H groups in total. The van der Waals surface area contributed by atoms with Crippen molar-refractivity contribution >= 4 is 5.97 Å². The first-order valence-electron chi connectivity index (χ1n) is 7.47. The van der Waals surface area contributed by atoms with Gasteiger partial charge in [-0.15, -0.1) is 0 Å². The Morgan fingerprint density at radius 3 is 2.67 bits per heavy atom. The molecule has 1 aromatic carbocycles. The second kappa shape index (κ2) is 4.57. The molecule has 3 rings (SSSR count). The number of fused-ring (bicyclic) bond motifs is 1. The van der Waals surface area contributed by atoms with Gasteiger partial charge in [0.25, 0.3) is 0 Å². The summed E-state index contributed by atoms with van der Waals surface area (Å²) in [5.41, 5.74) is 5.98. The first kappa shape index (κ1) is 14.1. The summed E-state index contributed by atoms with van der Waals surface area (Å²) in [6, 6.07) is 12.3. The third kappa shape index (κ3) is 1.74. The number of nitrogens with zero attached hydrogens (tertiary/aromatic N) is 1. The molecule has 0 aromatic heterocycles. The standard InChI is InChI=1S/C17H20N2O2/c1-2-17-13(14(17)15(20)21)12(9-16(17,19)10-18)8-11-6-4-3-5-7-11/h3-7,12-14H,2,8-9,19H2,1H3,(H,20,21). The van der Waals surface area contributed by atoms with Crippen molar-refractivity contribution in [1.29, 1.82) is 5.26 Å². The molecule has 2 aliphatic carbocycles. The van der Waals surface area contributed by atoms with Crippen LogP contribution in [0.2, 0.25) is 0 Å². The summed E-state index contributed by atoms with van der Waals surface area (Å²) in [6.07, 6.45) is 2.06. The van der Waals surface area contributed by atoms with Crippen LogP contribution in [0.15, 0.2) is 30.3 Å². The highest BCUT2D eigenvalue weighted by molar-refractivity contribution is 5.77. The number of carboxylic acids is 1. The van der Waals surface area contributed by atoms with Crippen LogP contribution in [0.5, 0.6) is 0 Å². The van der Waals surface area contributed by atoms with E-state index in [1.807, 2.05) is 25.1 Å². The molecule has 110 valence electrons. The van der Waals surface area contributed by atoms with E-state index in [0.717, 1.165) is 6.42 Å². The van der Waals surface area contributed by atoms with Crippen molar-refractivity contribution < 1.29 is 9.90 Å². The molecule has 0 radical (unpaired) electrons. The maximum absolute atomic E-state index is 11.6. The zero-order chi connectivity index (χ0) is 15.3. The fraction of sp³-hybridized carbons (Fsp3) is 0.529. The van der Waals surface area contributed by atoms with Gasteiger partial charge in [0.2, 0.25) is 0 Å². The Morgan fingerprint density at radius 2 is 2.14 bits per heavy atom. The molecule has 0 bridgehead atoms. The van der Waals surface area contributed by atoms with Gasteiger partial charge < -0.3 is 10.8 Å². The lowest BCUT2D eigenvalue weighted by molar-refractivity contribution is -0.140. The smallest absolute Gasteiger partial charge is 0.307 e. The number of aliphatic carboxylic acids is 1. The zero-order valence-electron chi connectivity index (χ0n) is 12.1. The van der Waals surface area contributed by atoms with E-state index in [1.54, 1.807) is 0 Å². The topological polar surface area (TPSA) is 87.1 Å². The maximum atomic E-state index is 11.6. The lowest BCUT2D eigenvalue weighted by Crippen LogP contribution is -2.47. The summed E-state index contributed by atoms with van der Waals surface area (Å²) in [5, 5.41) is 19.0. The highest BCUT2D eigenvalue weighted by Gasteiger charge is 2.81. The number of benzene rings is 1. The van der Waals surface area contributed by atoms with Crippen LogP contribution in [-0.2, 0) is 11.2 Å². The summed E-state index contributed by atoms with van der Waals surface area (Å²) in [7, 11) is 0. The number of nitriles is 1. The van der Waals surface area contributed by atoms with Crippen LogP contribution < -0.4 is 5.73 Å². The summed E-state index contributed by atoms with van der Waals surface area (Å²) >= 11 is 0. The minimum absolute atomic E-state index is 0.0323. The third-order valence-corrected chi connectivity index (χ3v) is 5.71. The second-order valence-electron chi connectivity index (χ2n) is 6.47. The minimum Gasteiger partial charge on any atom is -0.481 e. The van der Waals surface area contributed by atoms with Crippen LogP contribution in [-0.4, -0.2) is 16.6 Å². The summed E-state index contributed by atoms with van der Waals surface area (Å²) in [5.74, 6) is -1.05. The van der Waals surface area contributed by atoms with Crippen molar-refractivity contribution in [2.45, 2.75) is 31.7 Å². The van der Waals surface area contributed by atoms with E-state index in [9.17, 15) is 15.2 Å². The number of nitrogens with two attached hydrogens (primary N) is 1. The van der Waals surface area contributed by atoms with E-state index >= 15 is 0 Å². The monoisotopic (exact) mass is 284 g/mol. The number of hydrogen-bond acceptors (Lipinski definition) is 3. The van der Waals surface area contributed by atoms with Gasteiger partial charge >= 0.3 is 5.97 Å². The average Bonchev–Trinajstić information content (AvgIpc) is 3.12. The van der Waals surface area contributed by atoms with Gasteiger partial charge in [0.1, 0.15) is 5.54 Å². The Balaban J connectivity index is 1.92. The van der Waals surface area contributed by atoms with Crippen molar-refractivity contribution in [2.24, 2.45) is 28.9 Å². The van der Waals surface area contributed by atoms with Crippen molar-refractivity contribution in [3.05, 3.63) is 35.9 Å². The van der Waals surface area contributed by atoms with Gasteiger partial charge in [0.15, 0.2) is 0 Å². The molecule has 1 aromatic rings. The molecule has 4 heteroatoms. The first-order chi connectivity index (χ1) is 10.00. The molecule has 2 aliphatic rings. The zero-order valence-corrected chi connectivity index (χ0v) is 12.1. The maximum Gasteiger partial charge on any atom is 0.307 e. The van der Waals surface area contributed by atoms with Gasteiger partial charge in [-0.3, -0.25) is 4.79 Å². The molecule has 2 saturated carbocycles. The number of carbonyl (C=O) groups is 1. The quantitative estimate of drug-likeness (QED) is 0.887. The molecule has 4 nitrogen and oxygen atoms in total. The van der Waals surface area contributed by atoms with Crippen LogP contribution in [0.4, 0.5) is 0 Å². The van der Waals surface area contributed by atoms with Crippen molar-refractivity contribution in [3.8, 4) is 6.07 Å². The summed E-state index contributed by atoms with van der Waals surface area (Å²) in [4.78, 5) is 11.6. The predicted molar refractivity (Wildman–Crippen MR) is 78.1 cm³/mol. The fourth-order valence-electron chi connectivity index (χ4n) is 4.88. The fourth-order valence-corrected chi connectivity index (χ4v) is 4.88. The molecule has 0 amide bonds. The number of hydrogen-bond donors (Lipinski definition) is 2. The molecule has 2 fully saturated rings. The predicted octanol–water partition coefficient (Wildman–Crippen LogP) is 2.20. The van der Waals surface area contributed by atoms with Gasteiger partial charge in [-0.05, 0) is 36.7 Å². The lowest BCUT2D eigenvalue weighted by atomic mass is 9.78. The number of rotatable bonds is 4. The van der Waals surface area contributed by atoms with Crippen LogP contribution in [0, 0.1) is 34.5 Å². The molecular formula is C17H20N2O2. The molecule has 0 heterocycles. The van der Waals surface area contributed by atoms with Crippen LogP contribution in [0.1, 0.15) is 25.3 Å². The number of carboxylic acid groups (broad SMARTS) is 1. The first-order valence-corrected chi connectivity index (χ1v) is 7.47. The summed E-state index contributed by atoms with van der Waals surface area (Å²) < 4.78 is 0. The Bertz CT molecular complexity index is 609.